The fourth-order valence-electron chi connectivity index (χ4n) is 20.6. The molecule has 0 bridgehead atoms. The number of hydrogen-bond acceptors (Lipinski definition) is 8. The van der Waals surface area contributed by atoms with E-state index in [2.05, 4.69) is 380 Å². The van der Waals surface area contributed by atoms with Crippen molar-refractivity contribution in [2.24, 2.45) is 0 Å². The van der Waals surface area contributed by atoms with E-state index in [1.54, 1.807) is 0 Å². The van der Waals surface area contributed by atoms with Crippen LogP contribution in [-0.4, -0.2) is 56.5 Å². The average molecular weight is 1720 g/mol. The van der Waals surface area contributed by atoms with E-state index in [0.717, 1.165) is 95.1 Å². The highest BCUT2D eigenvalue weighted by atomic mass is 35.5. The molecule has 14 heteroatoms. The Bertz CT molecular complexity index is 9420. The predicted molar refractivity (Wildman–Crippen MR) is 550 cm³/mol. The minimum absolute atomic E-state index is 0.343. The number of rotatable bonds is 7. The van der Waals surface area contributed by atoms with E-state index in [9.17, 15) is 0 Å². The highest BCUT2D eigenvalue weighted by Gasteiger charge is 2.52. The Morgan fingerprint density at radius 1 is 0.269 bits per heavy atom. The van der Waals surface area contributed by atoms with E-state index in [1.807, 2.05) is 77.3 Å². The Balaban J connectivity index is 0.000000109. The molecule has 130 heavy (non-hydrogen) atoms. The number of halogens is 1. The lowest BCUT2D eigenvalue weighted by atomic mass is 9.78. The molecule has 0 saturated carbocycles. The molecule has 614 valence electrons. The maximum atomic E-state index is 6.35. The third kappa shape index (κ3) is 11.7. The van der Waals surface area contributed by atoms with E-state index in [-0.39, 0.29) is 18.3 Å². The van der Waals surface area contributed by atoms with Gasteiger partial charge in [-0.2, -0.15) is 0 Å². The van der Waals surface area contributed by atoms with E-state index in [0.29, 0.717) is 5.02 Å². The minimum atomic E-state index is -0.353. The second-order valence-corrected chi connectivity index (χ2v) is 37.5. The molecular formula is C116H76BClN8O2S2. The number of nitrogens with zero attached hydrogens (tertiary/aromatic N) is 8. The smallest absolute Gasteiger partial charge is 0.399 e. The fraction of sp³-hybridized carbons (Fsp3) is 0.0517. The summed E-state index contributed by atoms with van der Waals surface area (Å²) in [6, 6.07) is 138. The topological polar surface area (TPSA) is 89.7 Å². The van der Waals surface area contributed by atoms with Gasteiger partial charge in [0.05, 0.1) is 86.8 Å². The van der Waals surface area contributed by atoms with Crippen LogP contribution in [0.5, 0.6) is 0 Å². The molecule has 9 heterocycles. The first-order valence-electron chi connectivity index (χ1n) is 44.1. The van der Waals surface area contributed by atoms with E-state index in [1.165, 1.54) is 149 Å². The standard InChI is InChI=1S/C52H30N4S.C40H22ClN3S.C24H24BNO2/c1-2-15-33(16-3-1)55-42-24-12-8-18-35(42)39-30-32(26-28-44(39)55)49-52(54-41-23-11-10-22-40(41)53-49)56-43-25-13-9-21-38(43)46-36-19-6-7-20-37(36)48-47-34-17-5-4-14-31(34)27-29-45(47)57-51(48)50(46)56;41-25-20-17-24(18-21-25)37-40(43-31-15-7-6-14-30(31)42-37)44-32-16-8-5-13-29(32)34-27-11-3-4-12-28(27)36-35-26-10-2-1-9-23(26)19-22-33(35)45-39(36)38(34)44;1-23(2)24(3,4)28-25(27-23)17-14-15-22-20(16-17)19-12-8-9-13-21(19)26(22)18-10-6-5-7-11-18/h1-30H;1-22H;5-16H,1-4H3. The number of aromatic nitrogens is 8. The molecule has 19 aromatic carbocycles. The summed E-state index contributed by atoms with van der Waals surface area (Å²) in [5.41, 5.74) is 19.1. The maximum Gasteiger partial charge on any atom is 0.494 e. The Labute approximate surface area is 759 Å². The molecule has 0 N–H and O–H groups in total. The quantitative estimate of drug-likeness (QED) is 0.148. The first-order chi connectivity index (χ1) is 63.9. The van der Waals surface area contributed by atoms with Gasteiger partial charge in [-0.25, -0.2) is 19.9 Å². The van der Waals surface area contributed by atoms with Crippen molar-refractivity contribution in [3.63, 3.8) is 0 Å². The predicted octanol–water partition coefficient (Wildman–Crippen LogP) is 31.0. The van der Waals surface area contributed by atoms with E-state index in [4.69, 9.17) is 40.8 Å². The van der Waals surface area contributed by atoms with Gasteiger partial charge in [0.15, 0.2) is 11.6 Å². The minimum Gasteiger partial charge on any atom is -0.399 e. The van der Waals surface area contributed by atoms with Crippen LogP contribution in [0.2, 0.25) is 5.02 Å². The summed E-state index contributed by atoms with van der Waals surface area (Å²) in [7, 11) is -0.353. The molecule has 1 fully saturated rings. The maximum absolute atomic E-state index is 6.35. The van der Waals surface area contributed by atoms with Crippen molar-refractivity contribution in [1.29, 1.82) is 0 Å². The van der Waals surface area contributed by atoms with Crippen LogP contribution < -0.4 is 5.46 Å². The number of para-hydroxylation sites is 10. The van der Waals surface area contributed by atoms with Gasteiger partial charge in [0.1, 0.15) is 11.4 Å². The molecule has 0 radical (unpaired) electrons. The van der Waals surface area contributed by atoms with Gasteiger partial charge in [-0.15, -0.1) is 22.7 Å². The number of fused-ring (bicyclic) bond motifs is 32. The van der Waals surface area contributed by atoms with Gasteiger partial charge >= 0.3 is 7.12 Å². The summed E-state index contributed by atoms with van der Waals surface area (Å²) in [6.07, 6.45) is 0. The van der Waals surface area contributed by atoms with Crippen LogP contribution in [0, 0.1) is 0 Å². The highest BCUT2D eigenvalue weighted by Crippen LogP contribution is 2.54. The monoisotopic (exact) mass is 1720 g/mol. The summed E-state index contributed by atoms with van der Waals surface area (Å²) >= 11 is 10.1. The zero-order chi connectivity index (χ0) is 86.4. The molecule has 1 aliphatic rings. The molecule has 1 saturated heterocycles. The Kier molecular flexibility index (Phi) is 17.2. The number of thiophene rings is 2. The van der Waals surface area contributed by atoms with Gasteiger partial charge in [0.25, 0.3) is 0 Å². The van der Waals surface area contributed by atoms with Crippen LogP contribution in [0.3, 0.4) is 0 Å². The third-order valence-corrected chi connectivity index (χ3v) is 29.7. The van der Waals surface area contributed by atoms with Gasteiger partial charge in [-0.05, 0) is 192 Å². The number of hydrogen-bond donors (Lipinski definition) is 0. The van der Waals surface area contributed by atoms with E-state index < -0.39 is 0 Å². The lowest BCUT2D eigenvalue weighted by molar-refractivity contribution is 0.00578. The molecule has 0 atom stereocenters. The summed E-state index contributed by atoms with van der Waals surface area (Å²) in [6.45, 7) is 8.36. The first-order valence-corrected chi connectivity index (χ1v) is 46.1. The largest absolute Gasteiger partial charge is 0.494 e. The van der Waals surface area contributed by atoms with Gasteiger partial charge in [0.2, 0.25) is 0 Å². The zero-order valence-corrected chi connectivity index (χ0v) is 73.5. The van der Waals surface area contributed by atoms with Crippen molar-refractivity contribution in [3.05, 3.63) is 393 Å². The average Bonchev–Trinajstić information content (AvgIpc) is 1.53. The summed E-state index contributed by atoms with van der Waals surface area (Å²) in [5, 5.41) is 25.7. The second kappa shape index (κ2) is 29.4. The van der Waals surface area contributed by atoms with Gasteiger partial charge in [0, 0.05) is 102 Å². The lowest BCUT2D eigenvalue weighted by Gasteiger charge is -2.32. The molecule has 27 aromatic rings. The van der Waals surface area contributed by atoms with Crippen LogP contribution in [0.4, 0.5) is 0 Å². The summed E-state index contributed by atoms with van der Waals surface area (Å²) in [4.78, 5) is 21.7. The Hall–Kier alpha value is -15.2. The van der Waals surface area contributed by atoms with Crippen LogP contribution in [-0.2, 0) is 9.31 Å². The molecule has 0 spiro atoms. The normalized spacial score (nSPS) is 13.5. The SMILES string of the molecule is CC1(C)OB(c2ccc3c(c2)c2ccccc2n3-c2ccccc2)OC1(C)C.Clc1ccc(-c2nc3ccccc3nc2-n2c3ccccc3c3c4ccccc4c4c(sc5ccc6ccccc6c54)c32)cc1.c1ccc(-n2c3ccccc3c3cc(-c4nc5ccccc5nc4-n4c5ccccc5c5c6ccccc6c6c(sc7ccc8ccccc8c76)c54)ccc32)cc1. The van der Waals surface area contributed by atoms with Crippen molar-refractivity contribution in [2.75, 3.05) is 0 Å². The molecule has 0 unspecified atom stereocenters. The van der Waals surface area contributed by atoms with Crippen molar-refractivity contribution in [2.45, 2.75) is 38.9 Å². The second-order valence-electron chi connectivity index (χ2n) is 34.9. The Morgan fingerprint density at radius 3 is 1.06 bits per heavy atom. The zero-order valence-electron chi connectivity index (χ0n) is 71.1. The van der Waals surface area contributed by atoms with Crippen LogP contribution >= 0.6 is 34.3 Å². The lowest BCUT2D eigenvalue weighted by Crippen LogP contribution is -2.41. The first kappa shape index (κ1) is 76.1. The molecule has 28 rings (SSSR count). The summed E-state index contributed by atoms with van der Waals surface area (Å²) < 4.78 is 27.1. The van der Waals surface area contributed by atoms with Crippen LogP contribution in [0.25, 0.3) is 238 Å². The Morgan fingerprint density at radius 2 is 0.608 bits per heavy atom. The van der Waals surface area contributed by atoms with Gasteiger partial charge in [-0.1, -0.05) is 285 Å². The van der Waals surface area contributed by atoms with Gasteiger partial charge in [-0.3, -0.25) is 9.13 Å². The van der Waals surface area contributed by atoms with Crippen molar-refractivity contribution < 1.29 is 9.31 Å². The molecule has 10 nitrogen and oxygen atoms in total. The number of benzene rings is 19. The van der Waals surface area contributed by atoms with Crippen LogP contribution in [0.1, 0.15) is 27.7 Å². The summed E-state index contributed by atoms with van der Waals surface area (Å²) in [5.74, 6) is 1.63. The highest BCUT2D eigenvalue weighted by molar-refractivity contribution is 7.27. The fourth-order valence-corrected chi connectivity index (χ4v) is 23.2. The van der Waals surface area contributed by atoms with E-state index >= 15 is 0 Å². The molecule has 8 aromatic heterocycles. The van der Waals surface area contributed by atoms with Crippen molar-refractivity contribution >= 4 is 240 Å². The van der Waals surface area contributed by atoms with Crippen molar-refractivity contribution in [1.82, 2.24) is 38.2 Å². The molecular weight excluding hydrogens is 1650 g/mol. The molecule has 0 aliphatic carbocycles. The van der Waals surface area contributed by atoms with Crippen molar-refractivity contribution in [3.8, 4) is 45.5 Å². The van der Waals surface area contributed by atoms with Crippen LogP contribution in [0.15, 0.2) is 388 Å². The third-order valence-electron chi connectivity index (χ3n) is 27.1. The van der Waals surface area contributed by atoms with Gasteiger partial charge < -0.3 is 18.4 Å². The molecule has 0 amide bonds. The molecule has 1 aliphatic heterocycles.